The summed E-state index contributed by atoms with van der Waals surface area (Å²) in [7, 11) is 2.20. The van der Waals surface area contributed by atoms with Gasteiger partial charge in [0.05, 0.1) is 12.2 Å². The standard InChI is InChI=1S/C14H26N4S/c1-3-4-5-15-10-13-12-19-14(16-13)11-18-8-6-17(2)7-9-18/h12,15H,3-11H2,1-2H3. The predicted molar refractivity (Wildman–Crippen MR) is 81.5 cm³/mol. The van der Waals surface area contributed by atoms with E-state index < -0.39 is 0 Å². The van der Waals surface area contributed by atoms with Crippen LogP contribution in [0.15, 0.2) is 5.38 Å². The summed E-state index contributed by atoms with van der Waals surface area (Å²) in [6.45, 7) is 9.95. The number of piperazine rings is 1. The lowest BCUT2D eigenvalue weighted by Gasteiger charge is -2.31. The Balaban J connectivity index is 1.71. The van der Waals surface area contributed by atoms with Crippen LogP contribution >= 0.6 is 11.3 Å². The number of rotatable bonds is 7. The van der Waals surface area contributed by atoms with Crippen LogP contribution < -0.4 is 5.32 Å². The van der Waals surface area contributed by atoms with Gasteiger partial charge in [-0.05, 0) is 20.0 Å². The van der Waals surface area contributed by atoms with E-state index >= 15 is 0 Å². The molecule has 0 bridgehead atoms. The van der Waals surface area contributed by atoms with Crippen LogP contribution in [0.25, 0.3) is 0 Å². The Labute approximate surface area is 120 Å². The van der Waals surface area contributed by atoms with Crippen molar-refractivity contribution in [1.29, 1.82) is 0 Å². The van der Waals surface area contributed by atoms with Crippen LogP contribution in [0.4, 0.5) is 0 Å². The van der Waals surface area contributed by atoms with Crippen LogP contribution in [0.3, 0.4) is 0 Å². The Morgan fingerprint density at radius 1 is 1.32 bits per heavy atom. The van der Waals surface area contributed by atoms with Gasteiger partial charge in [-0.15, -0.1) is 11.3 Å². The highest BCUT2D eigenvalue weighted by Crippen LogP contribution is 2.13. The van der Waals surface area contributed by atoms with Crippen LogP contribution in [0.5, 0.6) is 0 Å². The summed E-state index contributed by atoms with van der Waals surface area (Å²) in [6.07, 6.45) is 2.50. The maximum atomic E-state index is 4.72. The molecule has 0 aliphatic carbocycles. The number of thiazole rings is 1. The first-order valence-corrected chi connectivity index (χ1v) is 8.21. The first-order chi connectivity index (χ1) is 9.28. The van der Waals surface area contributed by atoms with Crippen molar-refractivity contribution in [3.05, 3.63) is 16.1 Å². The molecule has 2 rings (SSSR count). The highest BCUT2D eigenvalue weighted by Gasteiger charge is 2.15. The van der Waals surface area contributed by atoms with Gasteiger partial charge in [0.15, 0.2) is 0 Å². The smallest absolute Gasteiger partial charge is 0.107 e. The number of hydrogen-bond donors (Lipinski definition) is 1. The van der Waals surface area contributed by atoms with Gasteiger partial charge in [0.25, 0.3) is 0 Å². The zero-order valence-electron chi connectivity index (χ0n) is 12.2. The van der Waals surface area contributed by atoms with E-state index in [1.54, 1.807) is 11.3 Å². The van der Waals surface area contributed by atoms with Crippen LogP contribution in [-0.4, -0.2) is 54.6 Å². The molecule has 1 fully saturated rings. The topological polar surface area (TPSA) is 31.4 Å². The first kappa shape index (κ1) is 14.9. The van der Waals surface area contributed by atoms with Crippen molar-refractivity contribution in [3.63, 3.8) is 0 Å². The fourth-order valence-corrected chi connectivity index (χ4v) is 3.05. The van der Waals surface area contributed by atoms with Crippen LogP contribution in [0.2, 0.25) is 0 Å². The Morgan fingerprint density at radius 3 is 2.84 bits per heavy atom. The third kappa shape index (κ3) is 5.18. The molecular weight excluding hydrogens is 256 g/mol. The van der Waals surface area contributed by atoms with Gasteiger partial charge in [-0.3, -0.25) is 4.90 Å². The number of hydrogen-bond acceptors (Lipinski definition) is 5. The molecule has 0 saturated carbocycles. The Hall–Kier alpha value is -0.490. The number of unbranched alkanes of at least 4 members (excludes halogenated alkanes) is 1. The summed E-state index contributed by atoms with van der Waals surface area (Å²) >= 11 is 1.80. The lowest BCUT2D eigenvalue weighted by atomic mass is 10.3. The molecule has 0 spiro atoms. The average molecular weight is 282 g/mol. The summed E-state index contributed by atoms with van der Waals surface area (Å²) in [5.74, 6) is 0. The van der Waals surface area contributed by atoms with E-state index in [-0.39, 0.29) is 0 Å². The minimum atomic E-state index is 0.916. The van der Waals surface area contributed by atoms with Crippen molar-refractivity contribution in [2.24, 2.45) is 0 Å². The van der Waals surface area contributed by atoms with Crippen molar-refractivity contribution in [2.75, 3.05) is 39.8 Å². The van der Waals surface area contributed by atoms with E-state index in [1.807, 2.05) is 0 Å². The average Bonchev–Trinajstić information content (AvgIpc) is 2.85. The van der Waals surface area contributed by atoms with Crippen LogP contribution in [0, 0.1) is 0 Å². The molecule has 19 heavy (non-hydrogen) atoms. The largest absolute Gasteiger partial charge is 0.311 e. The number of nitrogens with zero attached hydrogens (tertiary/aromatic N) is 3. The van der Waals surface area contributed by atoms with E-state index in [2.05, 4.69) is 34.5 Å². The zero-order valence-corrected chi connectivity index (χ0v) is 13.0. The SMILES string of the molecule is CCCCNCc1csc(CN2CCN(C)CC2)n1. The van der Waals surface area contributed by atoms with Gasteiger partial charge in [-0.1, -0.05) is 13.3 Å². The second-order valence-electron chi connectivity index (χ2n) is 5.34. The molecule has 5 heteroatoms. The highest BCUT2D eigenvalue weighted by molar-refractivity contribution is 7.09. The predicted octanol–water partition coefficient (Wildman–Crippen LogP) is 1.78. The summed E-state index contributed by atoms with van der Waals surface area (Å²) < 4.78 is 0. The van der Waals surface area contributed by atoms with E-state index in [0.29, 0.717) is 0 Å². The van der Waals surface area contributed by atoms with Gasteiger partial charge in [0.1, 0.15) is 5.01 Å². The van der Waals surface area contributed by atoms with Gasteiger partial charge in [-0.25, -0.2) is 4.98 Å². The first-order valence-electron chi connectivity index (χ1n) is 7.33. The van der Waals surface area contributed by atoms with Crippen LogP contribution in [-0.2, 0) is 13.1 Å². The monoisotopic (exact) mass is 282 g/mol. The molecule has 0 aromatic carbocycles. The van der Waals surface area contributed by atoms with Crippen molar-refractivity contribution in [2.45, 2.75) is 32.9 Å². The molecular formula is C14H26N4S. The lowest BCUT2D eigenvalue weighted by molar-refractivity contribution is 0.148. The van der Waals surface area contributed by atoms with Crippen LogP contribution in [0.1, 0.15) is 30.5 Å². The van der Waals surface area contributed by atoms with Gasteiger partial charge in [-0.2, -0.15) is 0 Å². The summed E-state index contributed by atoms with van der Waals surface area (Å²) in [6, 6.07) is 0. The molecule has 2 heterocycles. The second-order valence-corrected chi connectivity index (χ2v) is 6.28. The van der Waals surface area contributed by atoms with Crippen molar-refractivity contribution >= 4 is 11.3 Å². The van der Waals surface area contributed by atoms with E-state index in [9.17, 15) is 0 Å². The highest BCUT2D eigenvalue weighted by atomic mass is 32.1. The van der Waals surface area contributed by atoms with Crippen molar-refractivity contribution in [1.82, 2.24) is 20.1 Å². The number of nitrogens with one attached hydrogen (secondary N) is 1. The molecule has 108 valence electrons. The van der Waals surface area contributed by atoms with Crippen molar-refractivity contribution < 1.29 is 0 Å². The molecule has 0 amide bonds. The Morgan fingerprint density at radius 2 is 2.11 bits per heavy atom. The fourth-order valence-electron chi connectivity index (χ4n) is 2.22. The maximum Gasteiger partial charge on any atom is 0.107 e. The zero-order chi connectivity index (χ0) is 13.5. The molecule has 1 N–H and O–H groups in total. The number of aromatic nitrogens is 1. The van der Waals surface area contributed by atoms with Gasteiger partial charge in [0, 0.05) is 38.1 Å². The molecule has 1 aliphatic rings. The molecule has 0 radical (unpaired) electrons. The summed E-state index contributed by atoms with van der Waals surface area (Å²) in [5, 5.41) is 6.91. The summed E-state index contributed by atoms with van der Waals surface area (Å²) in [5.41, 5.74) is 1.20. The lowest BCUT2D eigenvalue weighted by Crippen LogP contribution is -2.43. The molecule has 1 saturated heterocycles. The third-order valence-electron chi connectivity index (χ3n) is 3.57. The number of likely N-dealkylation sites (N-methyl/N-ethyl adjacent to an activating group) is 1. The molecule has 1 aromatic rings. The third-order valence-corrected chi connectivity index (χ3v) is 4.45. The molecule has 1 aromatic heterocycles. The summed E-state index contributed by atoms with van der Waals surface area (Å²) in [4.78, 5) is 9.62. The maximum absolute atomic E-state index is 4.72. The molecule has 4 nitrogen and oxygen atoms in total. The van der Waals surface area contributed by atoms with E-state index in [4.69, 9.17) is 4.98 Å². The molecule has 1 aliphatic heterocycles. The Bertz CT molecular complexity index is 358. The van der Waals surface area contributed by atoms with Gasteiger partial charge < -0.3 is 10.2 Å². The Kier molecular flexibility index (Phi) is 6.23. The van der Waals surface area contributed by atoms with Gasteiger partial charge in [0.2, 0.25) is 0 Å². The minimum absolute atomic E-state index is 0.916. The normalized spacial score (nSPS) is 18.0. The minimum Gasteiger partial charge on any atom is -0.311 e. The second kappa shape index (κ2) is 7.94. The molecule has 0 atom stereocenters. The molecule has 0 unspecified atom stereocenters. The fraction of sp³-hybridized carbons (Fsp3) is 0.786. The van der Waals surface area contributed by atoms with Crippen molar-refractivity contribution in [3.8, 4) is 0 Å². The quantitative estimate of drug-likeness (QED) is 0.773. The van der Waals surface area contributed by atoms with E-state index in [0.717, 1.165) is 19.6 Å². The van der Waals surface area contributed by atoms with E-state index in [1.165, 1.54) is 49.7 Å². The van der Waals surface area contributed by atoms with Gasteiger partial charge >= 0.3 is 0 Å².